The van der Waals surface area contributed by atoms with E-state index in [0.717, 1.165) is 12.1 Å². The molecule has 5 heteroatoms. The van der Waals surface area contributed by atoms with Crippen LogP contribution in [0.5, 0.6) is 0 Å². The van der Waals surface area contributed by atoms with Crippen molar-refractivity contribution in [2.75, 3.05) is 0 Å². The van der Waals surface area contributed by atoms with Gasteiger partial charge in [-0.2, -0.15) is 0 Å². The maximum atomic E-state index is 12.8. The molecule has 1 aromatic rings. The van der Waals surface area contributed by atoms with E-state index < -0.39 is 17.7 Å². The SMILES string of the molecule is CC[C@H](N=[N+]=[N-])c1ccc(F)c(F)c1. The molecule has 3 nitrogen and oxygen atoms in total. The highest BCUT2D eigenvalue weighted by Gasteiger charge is 2.09. The average Bonchev–Trinajstić information content (AvgIpc) is 2.19. The number of halogens is 2. The molecule has 0 aliphatic heterocycles. The van der Waals surface area contributed by atoms with E-state index in [9.17, 15) is 8.78 Å². The molecule has 0 spiro atoms. The second kappa shape index (κ2) is 4.58. The minimum Gasteiger partial charge on any atom is -0.204 e. The molecule has 0 bridgehead atoms. The van der Waals surface area contributed by atoms with Crippen LogP contribution in [-0.2, 0) is 0 Å². The van der Waals surface area contributed by atoms with Gasteiger partial charge >= 0.3 is 0 Å². The first-order chi connectivity index (χ1) is 6.69. The van der Waals surface area contributed by atoms with Crippen molar-refractivity contribution in [3.63, 3.8) is 0 Å². The Hall–Kier alpha value is -1.61. The molecule has 0 amide bonds. The summed E-state index contributed by atoms with van der Waals surface area (Å²) < 4.78 is 25.4. The fraction of sp³-hybridized carbons (Fsp3) is 0.333. The predicted molar refractivity (Wildman–Crippen MR) is 48.5 cm³/mol. The zero-order valence-electron chi connectivity index (χ0n) is 7.61. The smallest absolute Gasteiger partial charge is 0.159 e. The van der Waals surface area contributed by atoms with Gasteiger partial charge in [0.15, 0.2) is 11.6 Å². The third-order valence-electron chi connectivity index (χ3n) is 1.91. The van der Waals surface area contributed by atoms with Gasteiger partial charge in [-0.1, -0.05) is 18.1 Å². The Bertz CT molecular complexity index is 372. The summed E-state index contributed by atoms with van der Waals surface area (Å²) in [5.74, 6) is -1.82. The van der Waals surface area contributed by atoms with Crippen molar-refractivity contribution in [1.29, 1.82) is 0 Å². The van der Waals surface area contributed by atoms with Crippen LogP contribution in [0.25, 0.3) is 10.4 Å². The van der Waals surface area contributed by atoms with Gasteiger partial charge in [-0.15, -0.1) is 0 Å². The van der Waals surface area contributed by atoms with Crippen molar-refractivity contribution >= 4 is 0 Å². The van der Waals surface area contributed by atoms with Crippen LogP contribution in [0.2, 0.25) is 0 Å². The lowest BCUT2D eigenvalue weighted by molar-refractivity contribution is 0.504. The highest BCUT2D eigenvalue weighted by atomic mass is 19.2. The molecule has 0 aliphatic carbocycles. The number of nitrogens with zero attached hydrogens (tertiary/aromatic N) is 3. The molecule has 0 aromatic heterocycles. The Kier molecular flexibility index (Phi) is 3.42. The van der Waals surface area contributed by atoms with Gasteiger partial charge in [0.05, 0.1) is 6.04 Å². The van der Waals surface area contributed by atoms with E-state index in [1.807, 2.05) is 0 Å². The van der Waals surface area contributed by atoms with E-state index in [0.29, 0.717) is 12.0 Å². The maximum absolute atomic E-state index is 12.8. The first-order valence-electron chi connectivity index (χ1n) is 4.18. The van der Waals surface area contributed by atoms with Crippen LogP contribution in [0.15, 0.2) is 23.3 Å². The quantitative estimate of drug-likeness (QED) is 0.402. The van der Waals surface area contributed by atoms with Gasteiger partial charge in [0, 0.05) is 4.91 Å². The van der Waals surface area contributed by atoms with E-state index in [2.05, 4.69) is 10.0 Å². The molecule has 1 aromatic carbocycles. The van der Waals surface area contributed by atoms with Crippen molar-refractivity contribution in [2.24, 2.45) is 5.11 Å². The van der Waals surface area contributed by atoms with Gasteiger partial charge in [0.1, 0.15) is 0 Å². The summed E-state index contributed by atoms with van der Waals surface area (Å²) in [4.78, 5) is 2.64. The number of benzene rings is 1. The van der Waals surface area contributed by atoms with Crippen LogP contribution in [0.1, 0.15) is 24.9 Å². The van der Waals surface area contributed by atoms with E-state index in [1.54, 1.807) is 6.92 Å². The minimum atomic E-state index is -0.922. The third-order valence-corrected chi connectivity index (χ3v) is 1.91. The highest BCUT2D eigenvalue weighted by Crippen LogP contribution is 2.22. The van der Waals surface area contributed by atoms with Gasteiger partial charge in [-0.25, -0.2) is 8.78 Å². The van der Waals surface area contributed by atoms with Gasteiger partial charge in [0.2, 0.25) is 0 Å². The van der Waals surface area contributed by atoms with Crippen LogP contribution in [0.3, 0.4) is 0 Å². The first kappa shape index (κ1) is 10.5. The number of hydrogen-bond acceptors (Lipinski definition) is 1. The van der Waals surface area contributed by atoms with Crippen molar-refractivity contribution in [3.05, 3.63) is 45.8 Å². The summed E-state index contributed by atoms with van der Waals surface area (Å²) in [5, 5.41) is 3.48. The van der Waals surface area contributed by atoms with Crippen LogP contribution < -0.4 is 0 Å². The summed E-state index contributed by atoms with van der Waals surface area (Å²) in [6.45, 7) is 1.81. The Morgan fingerprint density at radius 1 is 1.43 bits per heavy atom. The molecule has 0 unspecified atom stereocenters. The van der Waals surface area contributed by atoms with Crippen LogP contribution in [0, 0.1) is 11.6 Å². The molecule has 0 saturated carbocycles. The fourth-order valence-corrected chi connectivity index (χ4v) is 1.17. The van der Waals surface area contributed by atoms with Gasteiger partial charge in [0.25, 0.3) is 0 Å². The molecule has 0 N–H and O–H groups in total. The van der Waals surface area contributed by atoms with Crippen molar-refractivity contribution in [3.8, 4) is 0 Å². The minimum absolute atomic E-state index is 0.435. The lowest BCUT2D eigenvalue weighted by Gasteiger charge is -2.08. The lowest BCUT2D eigenvalue weighted by atomic mass is 10.1. The van der Waals surface area contributed by atoms with E-state index in [4.69, 9.17) is 5.53 Å². The Morgan fingerprint density at radius 2 is 2.14 bits per heavy atom. The summed E-state index contributed by atoms with van der Waals surface area (Å²) >= 11 is 0. The van der Waals surface area contributed by atoms with E-state index >= 15 is 0 Å². The predicted octanol–water partition coefficient (Wildman–Crippen LogP) is 3.73. The van der Waals surface area contributed by atoms with Gasteiger partial charge < -0.3 is 0 Å². The zero-order valence-corrected chi connectivity index (χ0v) is 7.61. The summed E-state index contributed by atoms with van der Waals surface area (Å²) in [7, 11) is 0. The molecule has 0 fully saturated rings. The summed E-state index contributed by atoms with van der Waals surface area (Å²) in [6, 6.07) is 3.06. The second-order valence-electron chi connectivity index (χ2n) is 2.80. The van der Waals surface area contributed by atoms with Gasteiger partial charge in [-0.3, -0.25) is 0 Å². The third kappa shape index (κ3) is 2.20. The molecule has 0 aliphatic rings. The van der Waals surface area contributed by atoms with E-state index in [-0.39, 0.29) is 0 Å². The number of azide groups is 1. The zero-order chi connectivity index (χ0) is 10.6. The van der Waals surface area contributed by atoms with Crippen molar-refractivity contribution in [2.45, 2.75) is 19.4 Å². The molecule has 0 radical (unpaired) electrons. The molecule has 0 heterocycles. The largest absolute Gasteiger partial charge is 0.204 e. The normalized spacial score (nSPS) is 11.9. The van der Waals surface area contributed by atoms with Crippen molar-refractivity contribution < 1.29 is 8.78 Å². The standard InChI is InChI=1S/C9H9F2N3/c1-2-9(13-14-12)6-3-4-7(10)8(11)5-6/h3-5,9H,2H2,1H3/t9-/m0/s1. The number of rotatable bonds is 3. The number of hydrogen-bond donors (Lipinski definition) is 0. The second-order valence-corrected chi connectivity index (χ2v) is 2.80. The Morgan fingerprint density at radius 3 is 2.64 bits per heavy atom. The van der Waals surface area contributed by atoms with Gasteiger partial charge in [-0.05, 0) is 29.6 Å². The molecular formula is C9H9F2N3. The fourth-order valence-electron chi connectivity index (χ4n) is 1.17. The topological polar surface area (TPSA) is 48.8 Å². The van der Waals surface area contributed by atoms with Crippen LogP contribution >= 0.6 is 0 Å². The van der Waals surface area contributed by atoms with Crippen molar-refractivity contribution in [1.82, 2.24) is 0 Å². The maximum Gasteiger partial charge on any atom is 0.159 e. The lowest BCUT2D eigenvalue weighted by Crippen LogP contribution is -1.95. The first-order valence-corrected chi connectivity index (χ1v) is 4.18. The van der Waals surface area contributed by atoms with Crippen LogP contribution in [0.4, 0.5) is 8.78 Å². The Labute approximate surface area is 80.0 Å². The monoisotopic (exact) mass is 197 g/mol. The molecule has 1 atom stereocenters. The summed E-state index contributed by atoms with van der Waals surface area (Å²) in [5.41, 5.74) is 8.73. The molecule has 0 saturated heterocycles. The molecule has 74 valence electrons. The van der Waals surface area contributed by atoms with E-state index in [1.165, 1.54) is 6.07 Å². The molecule has 14 heavy (non-hydrogen) atoms. The molecule has 1 rings (SSSR count). The van der Waals surface area contributed by atoms with Crippen LogP contribution in [-0.4, -0.2) is 0 Å². The average molecular weight is 197 g/mol. The Balaban J connectivity index is 3.05. The summed E-state index contributed by atoms with van der Waals surface area (Å²) in [6.07, 6.45) is 0.551. The highest BCUT2D eigenvalue weighted by molar-refractivity contribution is 5.21. The molecular weight excluding hydrogens is 188 g/mol.